The van der Waals surface area contributed by atoms with Crippen molar-refractivity contribution in [1.82, 2.24) is 26.2 Å². The van der Waals surface area contributed by atoms with Crippen LogP contribution in [0.2, 0.25) is 0 Å². The first-order valence-electron chi connectivity index (χ1n) is 17.4. The van der Waals surface area contributed by atoms with Gasteiger partial charge in [-0.15, -0.1) is 6.58 Å². The Morgan fingerprint density at radius 1 is 0.765 bits per heavy atom. The molecule has 1 aromatic carbocycles. The fraction of sp³-hybridized carbons (Fsp3) is 0.600. The number of carbonyl (C=O) groups excluding carboxylic acids is 5. The van der Waals surface area contributed by atoms with Crippen LogP contribution in [0.25, 0.3) is 0 Å². The molecular formula is C35H58N8O8. The lowest BCUT2D eigenvalue weighted by Gasteiger charge is -2.30. The molecule has 0 unspecified atom stereocenters. The number of carboxylic acid groups (broad SMARTS) is 1. The minimum atomic E-state index is -1.23. The van der Waals surface area contributed by atoms with Crippen molar-refractivity contribution in [3.8, 4) is 5.75 Å². The zero-order valence-corrected chi connectivity index (χ0v) is 30.1. The monoisotopic (exact) mass is 718 g/mol. The molecule has 16 heteroatoms. The van der Waals surface area contributed by atoms with E-state index in [1.54, 1.807) is 12.1 Å². The third kappa shape index (κ3) is 17.3. The predicted molar refractivity (Wildman–Crippen MR) is 193 cm³/mol. The molecule has 0 saturated heterocycles. The molecule has 51 heavy (non-hydrogen) atoms. The van der Waals surface area contributed by atoms with E-state index in [4.69, 9.17) is 17.2 Å². The maximum atomic E-state index is 13.8. The molecule has 16 nitrogen and oxygen atoms in total. The molecule has 0 saturated carbocycles. The molecule has 286 valence electrons. The highest BCUT2D eigenvalue weighted by atomic mass is 16.4. The average Bonchev–Trinajstić information content (AvgIpc) is 3.06. The molecule has 5 amide bonds. The highest BCUT2D eigenvalue weighted by molar-refractivity contribution is 5.96. The van der Waals surface area contributed by atoms with Gasteiger partial charge in [-0.25, -0.2) is 0 Å². The maximum Gasteiger partial charge on any atom is 0.323 e. The predicted octanol–water partition coefficient (Wildman–Crippen LogP) is -0.376. The standard InChI is InChI=1S/C35H58N8O8/c1-5-10-26(32(48)42-29(19-24-13-15-25(44)16-14-24)35(51)43(20-22(2)3)21-30(45)46)40-34(50)28(12-7-9-18-37)41-33(49)27(11-6-8-17-36)39-31(47)23(4)38/h5,13-16,22-23,26-29,44H,1,6-12,17-21,36-38H2,2-4H3,(H,39,47)(H,40,50)(H,41,49)(H,42,48)(H,45,46)/t23-,26-,27-,28-,29-/m0/s1. The third-order valence-corrected chi connectivity index (χ3v) is 7.82. The van der Waals surface area contributed by atoms with Crippen molar-refractivity contribution in [3.05, 3.63) is 42.5 Å². The summed E-state index contributed by atoms with van der Waals surface area (Å²) in [6.45, 7) is 9.08. The van der Waals surface area contributed by atoms with Gasteiger partial charge in [0.15, 0.2) is 0 Å². The van der Waals surface area contributed by atoms with Crippen molar-refractivity contribution in [3.63, 3.8) is 0 Å². The van der Waals surface area contributed by atoms with E-state index in [2.05, 4.69) is 27.8 Å². The van der Waals surface area contributed by atoms with E-state index in [1.807, 2.05) is 13.8 Å². The summed E-state index contributed by atoms with van der Waals surface area (Å²) in [6, 6.07) is 0.564. The van der Waals surface area contributed by atoms with E-state index >= 15 is 0 Å². The number of carbonyl (C=O) groups is 6. The number of unbranched alkanes of at least 4 members (excludes halogenated alkanes) is 2. The van der Waals surface area contributed by atoms with Crippen LogP contribution in [0.15, 0.2) is 36.9 Å². The molecule has 0 aliphatic heterocycles. The van der Waals surface area contributed by atoms with E-state index in [1.165, 1.54) is 25.1 Å². The highest BCUT2D eigenvalue weighted by Crippen LogP contribution is 2.14. The molecule has 0 radical (unpaired) electrons. The Morgan fingerprint density at radius 2 is 1.24 bits per heavy atom. The molecule has 0 heterocycles. The Kier molecular flexibility index (Phi) is 20.7. The van der Waals surface area contributed by atoms with Gasteiger partial charge in [-0.1, -0.05) is 32.1 Å². The largest absolute Gasteiger partial charge is 0.508 e. The number of amides is 5. The number of carboxylic acids is 1. The molecular weight excluding hydrogens is 660 g/mol. The molecule has 12 N–H and O–H groups in total. The minimum Gasteiger partial charge on any atom is -0.508 e. The fourth-order valence-corrected chi connectivity index (χ4v) is 5.17. The summed E-state index contributed by atoms with van der Waals surface area (Å²) in [4.78, 5) is 79.8. The van der Waals surface area contributed by atoms with Gasteiger partial charge in [0.1, 0.15) is 36.5 Å². The van der Waals surface area contributed by atoms with E-state index in [9.17, 15) is 39.0 Å². The highest BCUT2D eigenvalue weighted by Gasteiger charge is 2.33. The summed E-state index contributed by atoms with van der Waals surface area (Å²) in [5.74, 6) is -4.52. The Morgan fingerprint density at radius 3 is 1.69 bits per heavy atom. The van der Waals surface area contributed by atoms with E-state index < -0.39 is 72.3 Å². The van der Waals surface area contributed by atoms with Crippen LogP contribution in [0.1, 0.15) is 71.3 Å². The van der Waals surface area contributed by atoms with Gasteiger partial charge in [-0.05, 0) is 88.6 Å². The summed E-state index contributed by atoms with van der Waals surface area (Å²) in [7, 11) is 0. The summed E-state index contributed by atoms with van der Waals surface area (Å²) >= 11 is 0. The summed E-state index contributed by atoms with van der Waals surface area (Å²) in [5, 5.41) is 29.9. The Balaban J connectivity index is 3.34. The second kappa shape index (κ2) is 23.8. The normalized spacial score (nSPS) is 13.9. The zero-order chi connectivity index (χ0) is 38.5. The van der Waals surface area contributed by atoms with Crippen molar-refractivity contribution in [1.29, 1.82) is 0 Å². The van der Waals surface area contributed by atoms with Crippen LogP contribution < -0.4 is 38.5 Å². The Bertz CT molecular complexity index is 1290. The Labute approximate surface area is 300 Å². The lowest BCUT2D eigenvalue weighted by molar-refractivity contribution is -0.146. The third-order valence-electron chi connectivity index (χ3n) is 7.82. The van der Waals surface area contributed by atoms with Crippen LogP contribution >= 0.6 is 0 Å². The minimum absolute atomic E-state index is 0.00181. The second-order valence-corrected chi connectivity index (χ2v) is 13.0. The first-order valence-corrected chi connectivity index (χ1v) is 17.4. The number of benzene rings is 1. The van der Waals surface area contributed by atoms with Gasteiger partial charge in [0, 0.05) is 13.0 Å². The van der Waals surface area contributed by atoms with E-state index in [0.717, 1.165) is 4.90 Å². The molecule has 0 aromatic heterocycles. The number of phenols is 1. The number of phenolic OH excluding ortho intramolecular Hbond substituents is 1. The molecule has 1 aromatic rings. The van der Waals surface area contributed by atoms with Crippen LogP contribution in [-0.2, 0) is 35.2 Å². The number of nitrogens with two attached hydrogens (primary N) is 3. The van der Waals surface area contributed by atoms with Crippen LogP contribution in [0.3, 0.4) is 0 Å². The van der Waals surface area contributed by atoms with Gasteiger partial charge in [0.2, 0.25) is 29.5 Å². The molecule has 0 fully saturated rings. The summed E-state index contributed by atoms with van der Waals surface area (Å²) in [5.41, 5.74) is 17.5. The number of aliphatic carboxylic acids is 1. The molecule has 0 spiro atoms. The lowest BCUT2D eigenvalue weighted by Crippen LogP contribution is -2.59. The SMILES string of the molecule is C=CC[C@H](NC(=O)[C@H](CCCCN)NC(=O)[C@H](CCCCN)NC(=O)[C@H](C)N)C(=O)N[C@@H](Cc1ccc(O)cc1)C(=O)N(CC(=O)O)CC(C)C. The zero-order valence-electron chi connectivity index (χ0n) is 30.1. The number of rotatable bonds is 25. The topological polar surface area (TPSA) is 272 Å². The smallest absolute Gasteiger partial charge is 0.323 e. The molecule has 5 atom stereocenters. The maximum absolute atomic E-state index is 13.8. The van der Waals surface area contributed by atoms with Crippen molar-refractivity contribution in [2.45, 2.75) is 102 Å². The van der Waals surface area contributed by atoms with Crippen LogP contribution in [-0.4, -0.2) is 107 Å². The van der Waals surface area contributed by atoms with Crippen LogP contribution in [0.4, 0.5) is 0 Å². The van der Waals surface area contributed by atoms with Crippen molar-refractivity contribution < 1.29 is 39.0 Å². The van der Waals surface area contributed by atoms with Gasteiger partial charge >= 0.3 is 5.97 Å². The average molecular weight is 719 g/mol. The fourth-order valence-electron chi connectivity index (χ4n) is 5.17. The number of hydrogen-bond donors (Lipinski definition) is 9. The number of nitrogens with zero attached hydrogens (tertiary/aromatic N) is 1. The molecule has 0 aliphatic carbocycles. The van der Waals surface area contributed by atoms with Crippen molar-refractivity contribution in [2.24, 2.45) is 23.1 Å². The molecule has 0 bridgehead atoms. The molecule has 0 aliphatic rings. The van der Waals surface area contributed by atoms with E-state index in [0.29, 0.717) is 44.3 Å². The lowest BCUT2D eigenvalue weighted by atomic mass is 10.0. The summed E-state index contributed by atoms with van der Waals surface area (Å²) in [6.07, 6.45) is 3.93. The van der Waals surface area contributed by atoms with Crippen molar-refractivity contribution in [2.75, 3.05) is 26.2 Å². The van der Waals surface area contributed by atoms with E-state index in [-0.39, 0.29) is 43.9 Å². The van der Waals surface area contributed by atoms with Gasteiger partial charge in [-0.2, -0.15) is 0 Å². The van der Waals surface area contributed by atoms with Crippen molar-refractivity contribution >= 4 is 35.5 Å². The van der Waals surface area contributed by atoms with Crippen LogP contribution in [0.5, 0.6) is 5.75 Å². The quantitative estimate of drug-likeness (QED) is 0.0465. The van der Waals surface area contributed by atoms with Gasteiger partial charge in [-0.3, -0.25) is 28.8 Å². The molecule has 1 rings (SSSR count). The first kappa shape index (κ1) is 44.5. The number of nitrogens with one attached hydrogen (secondary N) is 4. The van der Waals surface area contributed by atoms with Gasteiger partial charge in [0.25, 0.3) is 0 Å². The first-order chi connectivity index (χ1) is 24.1. The van der Waals surface area contributed by atoms with Gasteiger partial charge < -0.3 is 53.6 Å². The second-order valence-electron chi connectivity index (χ2n) is 13.0. The number of hydrogen-bond acceptors (Lipinski definition) is 10. The van der Waals surface area contributed by atoms with Crippen LogP contribution in [0, 0.1) is 5.92 Å². The Hall–Kier alpha value is -4.54. The number of aromatic hydroxyl groups is 1. The van der Waals surface area contributed by atoms with Gasteiger partial charge in [0.05, 0.1) is 6.04 Å². The summed E-state index contributed by atoms with van der Waals surface area (Å²) < 4.78 is 0.